The van der Waals surface area contributed by atoms with Gasteiger partial charge in [0.25, 0.3) is 0 Å². The van der Waals surface area contributed by atoms with Crippen molar-refractivity contribution in [1.82, 2.24) is 0 Å². The molecule has 0 aromatic carbocycles. The number of unbranched alkanes of at least 4 members (excludes halogenated alkanes) is 3. The summed E-state index contributed by atoms with van der Waals surface area (Å²) in [5.74, 6) is 0.347. The Kier molecular flexibility index (Phi) is 8.35. The van der Waals surface area contributed by atoms with E-state index in [1.165, 1.54) is 32.1 Å². The van der Waals surface area contributed by atoms with Gasteiger partial charge in [0.15, 0.2) is 0 Å². The highest BCUT2D eigenvalue weighted by atomic mass is 16.3. The van der Waals surface area contributed by atoms with E-state index in [-0.39, 0.29) is 6.04 Å². The first-order chi connectivity index (χ1) is 9.29. The van der Waals surface area contributed by atoms with Crippen molar-refractivity contribution in [3.8, 4) is 0 Å². The molecule has 4 heteroatoms. The van der Waals surface area contributed by atoms with E-state index in [9.17, 15) is 5.11 Å². The van der Waals surface area contributed by atoms with Gasteiger partial charge >= 0.3 is 0 Å². The van der Waals surface area contributed by atoms with Gasteiger partial charge in [0.2, 0.25) is 0 Å². The normalized spacial score (nSPS) is 20.1. The number of nitrogens with zero attached hydrogens (tertiary/aromatic N) is 3. The van der Waals surface area contributed by atoms with Crippen LogP contribution in [0.25, 0.3) is 10.4 Å². The Morgan fingerprint density at radius 1 is 1.32 bits per heavy atom. The van der Waals surface area contributed by atoms with E-state index < -0.39 is 6.10 Å². The zero-order chi connectivity index (χ0) is 13.9. The van der Waals surface area contributed by atoms with Crippen LogP contribution in [0.2, 0.25) is 0 Å². The van der Waals surface area contributed by atoms with Crippen LogP contribution in [0.4, 0.5) is 0 Å². The molecule has 108 valence electrons. The molecule has 0 aromatic heterocycles. The summed E-state index contributed by atoms with van der Waals surface area (Å²) in [6.07, 6.45) is 13.6. The van der Waals surface area contributed by atoms with Gasteiger partial charge in [-0.05, 0) is 37.1 Å². The van der Waals surface area contributed by atoms with Crippen molar-refractivity contribution in [2.45, 2.75) is 76.9 Å². The van der Waals surface area contributed by atoms with Crippen LogP contribution < -0.4 is 0 Å². The Balaban J connectivity index is 2.47. The van der Waals surface area contributed by atoms with E-state index >= 15 is 0 Å². The quantitative estimate of drug-likeness (QED) is 0.222. The Hall–Kier alpha value is -0.990. The summed E-state index contributed by atoms with van der Waals surface area (Å²) in [6, 6.07) is -0.285. The van der Waals surface area contributed by atoms with Crippen LogP contribution in [0, 0.1) is 5.92 Å². The third-order valence-electron chi connectivity index (χ3n) is 3.98. The molecular formula is C15H27N3O. The predicted octanol–water partition coefficient (Wildman–Crippen LogP) is 4.74. The molecule has 1 aliphatic carbocycles. The van der Waals surface area contributed by atoms with Gasteiger partial charge in [-0.3, -0.25) is 0 Å². The van der Waals surface area contributed by atoms with Crippen LogP contribution in [0.3, 0.4) is 0 Å². The van der Waals surface area contributed by atoms with Crippen LogP contribution in [-0.4, -0.2) is 17.3 Å². The first-order valence-corrected chi connectivity index (χ1v) is 7.68. The fourth-order valence-corrected chi connectivity index (χ4v) is 2.84. The van der Waals surface area contributed by atoms with Gasteiger partial charge in [0.1, 0.15) is 0 Å². The van der Waals surface area contributed by atoms with E-state index in [0.29, 0.717) is 5.92 Å². The molecule has 19 heavy (non-hydrogen) atoms. The molecular weight excluding hydrogens is 238 g/mol. The van der Waals surface area contributed by atoms with E-state index in [4.69, 9.17) is 5.53 Å². The third-order valence-corrected chi connectivity index (χ3v) is 3.98. The Morgan fingerprint density at radius 2 is 2.05 bits per heavy atom. The molecule has 4 nitrogen and oxygen atoms in total. The summed E-state index contributed by atoms with van der Waals surface area (Å²) >= 11 is 0. The highest BCUT2D eigenvalue weighted by molar-refractivity contribution is 4.98. The fraction of sp³-hybridized carbons (Fsp3) is 0.867. The maximum absolute atomic E-state index is 10.2. The van der Waals surface area contributed by atoms with Crippen LogP contribution >= 0.6 is 0 Å². The van der Waals surface area contributed by atoms with Crippen molar-refractivity contribution in [3.05, 3.63) is 22.6 Å². The lowest BCUT2D eigenvalue weighted by Crippen LogP contribution is -2.31. The second-order valence-electron chi connectivity index (χ2n) is 5.51. The van der Waals surface area contributed by atoms with Gasteiger partial charge in [-0.15, -0.1) is 0 Å². The van der Waals surface area contributed by atoms with Gasteiger partial charge in [0, 0.05) is 4.91 Å². The van der Waals surface area contributed by atoms with Gasteiger partial charge in [0.05, 0.1) is 12.1 Å². The molecule has 0 heterocycles. The zero-order valence-corrected chi connectivity index (χ0v) is 12.0. The molecule has 1 N–H and O–H groups in total. The largest absolute Gasteiger partial charge is 0.389 e. The third kappa shape index (κ3) is 6.13. The summed E-state index contributed by atoms with van der Waals surface area (Å²) in [4.78, 5) is 2.92. The topological polar surface area (TPSA) is 69.0 Å². The molecule has 0 spiro atoms. The second-order valence-corrected chi connectivity index (χ2v) is 5.51. The highest BCUT2D eigenvalue weighted by Crippen LogP contribution is 2.30. The van der Waals surface area contributed by atoms with Gasteiger partial charge < -0.3 is 5.11 Å². The van der Waals surface area contributed by atoms with Crippen LogP contribution in [0.1, 0.15) is 64.7 Å². The van der Waals surface area contributed by atoms with Crippen LogP contribution in [0.15, 0.2) is 17.3 Å². The molecule has 0 saturated heterocycles. The minimum absolute atomic E-state index is 0.285. The SMILES string of the molecule is CCCCC/C=C/[C@@H](O)[C@@H](N=[N+]=[N-])C1CCCCC1. The average molecular weight is 265 g/mol. The number of aliphatic hydroxyl groups excluding tert-OH is 1. The lowest BCUT2D eigenvalue weighted by Gasteiger charge is -2.29. The van der Waals surface area contributed by atoms with Crippen molar-refractivity contribution in [2.24, 2.45) is 11.0 Å². The Morgan fingerprint density at radius 3 is 2.68 bits per heavy atom. The van der Waals surface area contributed by atoms with E-state index in [1.54, 1.807) is 0 Å². The summed E-state index contributed by atoms with van der Waals surface area (Å²) in [5, 5.41) is 14.0. The molecule has 0 bridgehead atoms. The number of allylic oxidation sites excluding steroid dienone is 1. The van der Waals surface area contributed by atoms with Crippen molar-refractivity contribution in [2.75, 3.05) is 0 Å². The number of hydrogen-bond donors (Lipinski definition) is 1. The highest BCUT2D eigenvalue weighted by Gasteiger charge is 2.27. The van der Waals surface area contributed by atoms with E-state index in [1.807, 2.05) is 12.2 Å². The molecule has 1 fully saturated rings. The number of rotatable bonds is 8. The average Bonchev–Trinajstić information content (AvgIpc) is 2.45. The lowest BCUT2D eigenvalue weighted by molar-refractivity contribution is 0.141. The number of hydrogen-bond acceptors (Lipinski definition) is 2. The fourth-order valence-electron chi connectivity index (χ4n) is 2.84. The molecule has 1 aliphatic rings. The molecule has 2 atom stereocenters. The minimum Gasteiger partial charge on any atom is -0.389 e. The summed E-state index contributed by atoms with van der Waals surface area (Å²) < 4.78 is 0. The number of azide groups is 1. The maximum atomic E-state index is 10.2. The van der Waals surface area contributed by atoms with Crippen molar-refractivity contribution in [1.29, 1.82) is 0 Å². The maximum Gasteiger partial charge on any atom is 0.0808 e. The van der Waals surface area contributed by atoms with Crippen molar-refractivity contribution >= 4 is 0 Å². The van der Waals surface area contributed by atoms with E-state index in [2.05, 4.69) is 16.9 Å². The monoisotopic (exact) mass is 265 g/mol. The lowest BCUT2D eigenvalue weighted by atomic mass is 9.82. The van der Waals surface area contributed by atoms with Gasteiger partial charge in [-0.25, -0.2) is 0 Å². The first kappa shape index (κ1) is 16.1. The summed E-state index contributed by atoms with van der Waals surface area (Å²) in [5.41, 5.74) is 8.68. The van der Waals surface area contributed by atoms with Crippen molar-refractivity contribution < 1.29 is 5.11 Å². The molecule has 0 radical (unpaired) electrons. The molecule has 0 aromatic rings. The molecule has 0 aliphatic heterocycles. The molecule has 1 rings (SSSR count). The Labute approximate surface area is 116 Å². The summed E-state index contributed by atoms with van der Waals surface area (Å²) in [7, 11) is 0. The molecule has 1 saturated carbocycles. The molecule has 0 unspecified atom stereocenters. The van der Waals surface area contributed by atoms with Crippen LogP contribution in [-0.2, 0) is 0 Å². The number of aliphatic hydroxyl groups is 1. The Bertz CT molecular complexity index is 305. The standard InChI is InChI=1S/C15H27N3O/c1-2-3-4-5-9-12-14(19)15(17-18-16)13-10-7-6-8-11-13/h9,12-15,19H,2-8,10-11H2,1H3/b12-9+/t14-,15+/m1/s1. The first-order valence-electron chi connectivity index (χ1n) is 7.68. The van der Waals surface area contributed by atoms with Crippen LogP contribution in [0.5, 0.6) is 0 Å². The second kappa shape index (κ2) is 9.88. The van der Waals surface area contributed by atoms with E-state index in [0.717, 1.165) is 25.7 Å². The molecule has 0 amide bonds. The predicted molar refractivity (Wildman–Crippen MR) is 78.8 cm³/mol. The minimum atomic E-state index is -0.624. The van der Waals surface area contributed by atoms with Gasteiger partial charge in [-0.2, -0.15) is 0 Å². The zero-order valence-electron chi connectivity index (χ0n) is 12.0. The van der Waals surface area contributed by atoms with Gasteiger partial charge in [-0.1, -0.05) is 56.3 Å². The smallest absolute Gasteiger partial charge is 0.0808 e. The van der Waals surface area contributed by atoms with Crippen molar-refractivity contribution in [3.63, 3.8) is 0 Å². The summed E-state index contributed by atoms with van der Waals surface area (Å²) in [6.45, 7) is 2.18.